The molecule has 28 heavy (non-hydrogen) atoms. The minimum Gasteiger partial charge on any atom is -0.465 e. The van der Waals surface area contributed by atoms with Crippen molar-refractivity contribution in [2.24, 2.45) is 0 Å². The van der Waals surface area contributed by atoms with Gasteiger partial charge in [-0.15, -0.1) is 0 Å². The molecule has 6 nitrogen and oxygen atoms in total. The number of ether oxygens (including phenoxy) is 1. The molecular formula is C21H22ClN3O3. The number of hydrogen-bond acceptors (Lipinski definition) is 4. The Balaban J connectivity index is 1.80. The zero-order valence-electron chi connectivity index (χ0n) is 16.0. The Hall–Kier alpha value is -2.57. The van der Waals surface area contributed by atoms with Gasteiger partial charge in [-0.1, -0.05) is 29.8 Å². The summed E-state index contributed by atoms with van der Waals surface area (Å²) in [5, 5.41) is 15.1. The fraction of sp³-hybridized carbons (Fsp3) is 0.333. The number of methoxy groups -OCH3 is 1. The number of halogens is 1. The van der Waals surface area contributed by atoms with Gasteiger partial charge in [-0.25, -0.2) is 4.79 Å². The zero-order valence-corrected chi connectivity index (χ0v) is 16.7. The molecule has 0 aliphatic heterocycles. The van der Waals surface area contributed by atoms with Crippen LogP contribution in [0.2, 0.25) is 5.02 Å². The van der Waals surface area contributed by atoms with Crippen molar-refractivity contribution < 1.29 is 14.6 Å². The van der Waals surface area contributed by atoms with E-state index >= 15 is 0 Å². The lowest BCUT2D eigenvalue weighted by Crippen LogP contribution is -2.42. The molecule has 2 aromatic heterocycles. The third-order valence-electron chi connectivity index (χ3n) is 5.44. The van der Waals surface area contributed by atoms with E-state index in [-0.39, 0.29) is 6.04 Å². The van der Waals surface area contributed by atoms with Crippen molar-refractivity contribution in [2.75, 3.05) is 7.11 Å². The van der Waals surface area contributed by atoms with E-state index in [1.165, 1.54) is 7.11 Å². The monoisotopic (exact) mass is 399 g/mol. The molecule has 0 atom stereocenters. The Morgan fingerprint density at radius 1 is 1.32 bits per heavy atom. The van der Waals surface area contributed by atoms with E-state index < -0.39 is 11.6 Å². The second kappa shape index (κ2) is 6.79. The molecule has 1 aromatic carbocycles. The van der Waals surface area contributed by atoms with Gasteiger partial charge in [0.2, 0.25) is 0 Å². The van der Waals surface area contributed by atoms with Crippen LogP contribution in [0.3, 0.4) is 0 Å². The molecule has 0 radical (unpaired) electrons. The van der Waals surface area contributed by atoms with Crippen molar-refractivity contribution in [3.8, 4) is 22.4 Å². The third kappa shape index (κ3) is 3.02. The summed E-state index contributed by atoms with van der Waals surface area (Å²) in [6.45, 7) is 3.80. The van der Waals surface area contributed by atoms with Gasteiger partial charge in [-0.05, 0) is 32.8 Å². The molecule has 146 valence electrons. The summed E-state index contributed by atoms with van der Waals surface area (Å²) in [7, 11) is 1.36. The first-order valence-electron chi connectivity index (χ1n) is 9.14. The quantitative estimate of drug-likeness (QED) is 0.638. The van der Waals surface area contributed by atoms with Crippen LogP contribution in [-0.4, -0.2) is 38.6 Å². The lowest BCUT2D eigenvalue weighted by atomic mass is 9.77. The Bertz CT molecular complexity index is 1040. The molecule has 7 heteroatoms. The van der Waals surface area contributed by atoms with E-state index in [4.69, 9.17) is 16.3 Å². The molecule has 2 N–H and O–H groups in total. The maximum atomic E-state index is 12.6. The maximum Gasteiger partial charge on any atom is 0.340 e. The Labute approximate surface area is 168 Å². The Morgan fingerprint density at radius 3 is 2.68 bits per heavy atom. The van der Waals surface area contributed by atoms with Gasteiger partial charge < -0.3 is 14.8 Å². The summed E-state index contributed by atoms with van der Waals surface area (Å²) in [6.07, 6.45) is 4.84. The highest BCUT2D eigenvalue weighted by atomic mass is 35.5. The number of aromatic nitrogens is 3. The van der Waals surface area contributed by atoms with Gasteiger partial charge in [-0.2, -0.15) is 5.10 Å². The molecule has 1 aliphatic rings. The summed E-state index contributed by atoms with van der Waals surface area (Å²) < 4.78 is 6.97. The molecule has 2 heterocycles. The lowest BCUT2D eigenvalue weighted by molar-refractivity contribution is -0.0548. The zero-order chi connectivity index (χ0) is 20.1. The van der Waals surface area contributed by atoms with Crippen molar-refractivity contribution in [3.63, 3.8) is 0 Å². The van der Waals surface area contributed by atoms with Crippen LogP contribution in [0.15, 0.2) is 36.7 Å². The number of nitrogens with one attached hydrogen (secondary N) is 1. The average Bonchev–Trinajstić information content (AvgIpc) is 3.22. The van der Waals surface area contributed by atoms with Gasteiger partial charge in [0.25, 0.3) is 0 Å². The first kappa shape index (κ1) is 18.8. The normalized spacial score (nSPS) is 21.4. The van der Waals surface area contributed by atoms with Crippen molar-refractivity contribution in [2.45, 2.75) is 38.3 Å². The highest BCUT2D eigenvalue weighted by Gasteiger charge is 2.40. The summed E-state index contributed by atoms with van der Waals surface area (Å²) >= 11 is 6.36. The molecule has 3 aromatic rings. The topological polar surface area (TPSA) is 80.1 Å². The van der Waals surface area contributed by atoms with Gasteiger partial charge in [0.15, 0.2) is 0 Å². The number of aliphatic hydroxyl groups is 1. The van der Waals surface area contributed by atoms with E-state index in [1.807, 2.05) is 36.7 Å². The van der Waals surface area contributed by atoms with Gasteiger partial charge in [-0.3, -0.25) is 4.68 Å². The first-order chi connectivity index (χ1) is 13.3. The largest absolute Gasteiger partial charge is 0.465 e. The number of carbonyl (C=O) groups is 1. The van der Waals surface area contributed by atoms with Gasteiger partial charge in [0.05, 0.1) is 36.2 Å². The van der Waals surface area contributed by atoms with Crippen molar-refractivity contribution in [1.29, 1.82) is 0 Å². The predicted octanol–water partition coefficient (Wildman–Crippen LogP) is 4.38. The summed E-state index contributed by atoms with van der Waals surface area (Å²) in [5.74, 6) is -0.440. The van der Waals surface area contributed by atoms with Crippen LogP contribution in [0.25, 0.3) is 22.4 Å². The third-order valence-corrected chi connectivity index (χ3v) is 5.77. The van der Waals surface area contributed by atoms with E-state index in [2.05, 4.69) is 10.1 Å². The summed E-state index contributed by atoms with van der Waals surface area (Å²) in [5.41, 5.74) is 3.64. The van der Waals surface area contributed by atoms with Gasteiger partial charge in [0, 0.05) is 33.6 Å². The highest BCUT2D eigenvalue weighted by Crippen LogP contribution is 2.43. The molecule has 1 fully saturated rings. The van der Waals surface area contributed by atoms with Crippen LogP contribution < -0.4 is 0 Å². The SMILES string of the molecule is COC(=O)c1c(-c2ccccc2Cl)c[nH]c1-c1cnn(C2CC(C)(O)C2)c1C. The van der Waals surface area contributed by atoms with Gasteiger partial charge in [0.1, 0.15) is 0 Å². The molecule has 1 aliphatic carbocycles. The number of benzene rings is 1. The molecule has 0 spiro atoms. The summed E-state index contributed by atoms with van der Waals surface area (Å²) in [4.78, 5) is 15.8. The van der Waals surface area contributed by atoms with Crippen LogP contribution in [0.1, 0.15) is 41.9 Å². The van der Waals surface area contributed by atoms with Crippen molar-refractivity contribution >= 4 is 17.6 Å². The average molecular weight is 400 g/mol. The van der Waals surface area contributed by atoms with E-state index in [9.17, 15) is 9.90 Å². The Morgan fingerprint density at radius 2 is 2.04 bits per heavy atom. The predicted molar refractivity (Wildman–Crippen MR) is 107 cm³/mol. The van der Waals surface area contributed by atoms with Crippen LogP contribution in [0.4, 0.5) is 0 Å². The number of nitrogens with zero attached hydrogens (tertiary/aromatic N) is 2. The van der Waals surface area contributed by atoms with Crippen LogP contribution >= 0.6 is 11.6 Å². The molecule has 0 unspecified atom stereocenters. The molecule has 0 amide bonds. The number of rotatable bonds is 4. The van der Waals surface area contributed by atoms with E-state index in [0.29, 0.717) is 34.7 Å². The van der Waals surface area contributed by atoms with Crippen molar-refractivity contribution in [1.82, 2.24) is 14.8 Å². The fourth-order valence-electron chi connectivity index (χ4n) is 4.01. The first-order valence-corrected chi connectivity index (χ1v) is 9.51. The van der Waals surface area contributed by atoms with Crippen LogP contribution in [0, 0.1) is 6.92 Å². The van der Waals surface area contributed by atoms with Crippen LogP contribution in [-0.2, 0) is 4.74 Å². The molecule has 0 saturated heterocycles. The molecule has 0 bridgehead atoms. The lowest BCUT2D eigenvalue weighted by Gasteiger charge is -2.41. The number of carbonyl (C=O) groups excluding carboxylic acids is 1. The number of aromatic amines is 1. The standard InChI is InChI=1S/C21H22ClN3O3/c1-12-15(11-24-25(12)13-8-21(2,27)9-13)19-18(20(26)28-3)16(10-23-19)14-6-4-5-7-17(14)22/h4-7,10-11,13,23,27H,8-9H2,1-3H3. The smallest absolute Gasteiger partial charge is 0.340 e. The molecular weight excluding hydrogens is 378 g/mol. The minimum atomic E-state index is -0.635. The number of esters is 1. The second-order valence-corrected chi connectivity index (χ2v) is 7.98. The van der Waals surface area contributed by atoms with E-state index in [1.54, 1.807) is 18.5 Å². The minimum absolute atomic E-state index is 0.156. The van der Waals surface area contributed by atoms with Crippen LogP contribution in [0.5, 0.6) is 0 Å². The van der Waals surface area contributed by atoms with Crippen molar-refractivity contribution in [3.05, 3.63) is 52.9 Å². The summed E-state index contributed by atoms with van der Waals surface area (Å²) in [6, 6.07) is 7.54. The van der Waals surface area contributed by atoms with E-state index in [0.717, 1.165) is 16.8 Å². The number of H-pyrrole nitrogens is 1. The maximum absolute atomic E-state index is 12.6. The Kier molecular flexibility index (Phi) is 4.56. The molecule has 1 saturated carbocycles. The fourth-order valence-corrected chi connectivity index (χ4v) is 4.24. The number of hydrogen-bond donors (Lipinski definition) is 2. The highest BCUT2D eigenvalue weighted by molar-refractivity contribution is 6.33. The molecule has 4 rings (SSSR count). The van der Waals surface area contributed by atoms with Gasteiger partial charge >= 0.3 is 5.97 Å². The second-order valence-electron chi connectivity index (χ2n) is 7.57.